The quantitative estimate of drug-likeness (QED) is 0.735. The van der Waals surface area contributed by atoms with Crippen LogP contribution in [0.3, 0.4) is 0 Å². The lowest BCUT2D eigenvalue weighted by Gasteiger charge is -2.40. The molecule has 142 valence electrons. The van der Waals surface area contributed by atoms with Gasteiger partial charge in [0, 0.05) is 24.7 Å². The summed E-state index contributed by atoms with van der Waals surface area (Å²) in [7, 11) is 0. The third-order valence-electron chi connectivity index (χ3n) is 5.06. The highest BCUT2D eigenvalue weighted by molar-refractivity contribution is 5.89. The van der Waals surface area contributed by atoms with Crippen molar-refractivity contribution in [1.82, 2.24) is 20.2 Å². The normalized spacial score (nSPS) is 20.6. The molecule has 4 rings (SSSR count). The van der Waals surface area contributed by atoms with E-state index in [1.165, 1.54) is 6.07 Å². The number of piperidine rings is 1. The molecule has 1 saturated heterocycles. The number of H-pyrrole nitrogens is 1. The number of aromatic nitrogens is 4. The van der Waals surface area contributed by atoms with Crippen molar-refractivity contribution in [2.75, 3.05) is 18.0 Å². The number of halogens is 1. The second kappa shape index (κ2) is 6.88. The standard InChI is InChI=1S/C20H24FN5O/c1-13(2)11-20(27)8-4-10-26(12-20)16-7-6-15(21)18(23-16)17-14-5-3-9-22-19(14)25-24-17/h3,5-7,9,13,27H,4,8,10-12H2,1-2H3,(H,22,24,25). The SMILES string of the molecule is CC(C)CC1(O)CCCN(c2ccc(F)c(-c3n[nH]c4ncccc34)n2)C1. The van der Waals surface area contributed by atoms with Gasteiger partial charge in [0.1, 0.15) is 17.2 Å². The average molecular weight is 369 g/mol. The van der Waals surface area contributed by atoms with Gasteiger partial charge in [-0.3, -0.25) is 5.10 Å². The van der Waals surface area contributed by atoms with Gasteiger partial charge in [0.15, 0.2) is 11.5 Å². The lowest BCUT2D eigenvalue weighted by Crippen LogP contribution is -2.49. The molecular weight excluding hydrogens is 345 g/mol. The number of hydrogen-bond acceptors (Lipinski definition) is 5. The largest absolute Gasteiger partial charge is 0.388 e. The van der Waals surface area contributed by atoms with Gasteiger partial charge in [-0.05, 0) is 49.4 Å². The molecule has 0 saturated carbocycles. The third-order valence-corrected chi connectivity index (χ3v) is 5.06. The first-order chi connectivity index (χ1) is 13.0. The lowest BCUT2D eigenvalue weighted by molar-refractivity contribution is 0.00662. The van der Waals surface area contributed by atoms with Crippen molar-refractivity contribution in [2.24, 2.45) is 5.92 Å². The van der Waals surface area contributed by atoms with Gasteiger partial charge in [0.05, 0.1) is 5.60 Å². The van der Waals surface area contributed by atoms with Crippen molar-refractivity contribution in [3.05, 3.63) is 36.3 Å². The van der Waals surface area contributed by atoms with Crippen LogP contribution in [0, 0.1) is 11.7 Å². The molecule has 1 aliphatic rings. The van der Waals surface area contributed by atoms with E-state index in [4.69, 9.17) is 0 Å². The van der Waals surface area contributed by atoms with Crippen LogP contribution in [-0.2, 0) is 0 Å². The highest BCUT2D eigenvalue weighted by Gasteiger charge is 2.34. The highest BCUT2D eigenvalue weighted by atomic mass is 19.1. The van der Waals surface area contributed by atoms with Crippen molar-refractivity contribution in [2.45, 2.75) is 38.7 Å². The average Bonchev–Trinajstić information content (AvgIpc) is 3.05. The van der Waals surface area contributed by atoms with Crippen molar-refractivity contribution in [3.8, 4) is 11.4 Å². The number of fused-ring (bicyclic) bond motifs is 1. The Balaban J connectivity index is 1.68. The topological polar surface area (TPSA) is 77.9 Å². The number of pyridine rings is 2. The maximum atomic E-state index is 14.5. The number of nitrogens with zero attached hydrogens (tertiary/aromatic N) is 4. The van der Waals surface area contributed by atoms with E-state index in [9.17, 15) is 9.50 Å². The summed E-state index contributed by atoms with van der Waals surface area (Å²) in [5.41, 5.74) is 0.519. The second-order valence-corrected chi connectivity index (χ2v) is 7.82. The van der Waals surface area contributed by atoms with E-state index in [-0.39, 0.29) is 5.69 Å². The Labute approximate surface area is 157 Å². The zero-order valence-corrected chi connectivity index (χ0v) is 15.6. The summed E-state index contributed by atoms with van der Waals surface area (Å²) in [6.07, 6.45) is 4.07. The van der Waals surface area contributed by atoms with Crippen LogP contribution in [0.2, 0.25) is 0 Å². The lowest BCUT2D eigenvalue weighted by atomic mass is 9.85. The van der Waals surface area contributed by atoms with Crippen molar-refractivity contribution in [1.29, 1.82) is 0 Å². The predicted octanol–water partition coefficient (Wildman–Crippen LogP) is 3.54. The van der Waals surface area contributed by atoms with Gasteiger partial charge in [-0.25, -0.2) is 14.4 Å². The summed E-state index contributed by atoms with van der Waals surface area (Å²) < 4.78 is 14.5. The minimum Gasteiger partial charge on any atom is -0.388 e. The molecule has 27 heavy (non-hydrogen) atoms. The fourth-order valence-corrected chi connectivity index (χ4v) is 4.04. The Kier molecular flexibility index (Phi) is 4.55. The summed E-state index contributed by atoms with van der Waals surface area (Å²) in [6, 6.07) is 6.73. The molecule has 3 aromatic rings. The number of β-amino-alcohol motifs (C(OH)–C–C–N with tert-alkyl or cyclic N) is 1. The summed E-state index contributed by atoms with van der Waals surface area (Å²) in [4.78, 5) is 10.8. The molecular formula is C20H24FN5O. The molecule has 7 heteroatoms. The van der Waals surface area contributed by atoms with Crippen LogP contribution in [0.1, 0.15) is 33.1 Å². The second-order valence-electron chi connectivity index (χ2n) is 7.82. The van der Waals surface area contributed by atoms with Crippen LogP contribution in [0.25, 0.3) is 22.4 Å². The molecule has 1 aliphatic heterocycles. The van der Waals surface area contributed by atoms with Crippen LogP contribution < -0.4 is 4.90 Å². The van der Waals surface area contributed by atoms with Crippen LogP contribution in [0.15, 0.2) is 30.5 Å². The molecule has 1 unspecified atom stereocenters. The van der Waals surface area contributed by atoms with Gasteiger partial charge >= 0.3 is 0 Å². The van der Waals surface area contributed by atoms with E-state index in [1.54, 1.807) is 18.3 Å². The molecule has 2 N–H and O–H groups in total. The zero-order chi connectivity index (χ0) is 19.0. The van der Waals surface area contributed by atoms with Gasteiger partial charge < -0.3 is 10.0 Å². The fourth-order valence-electron chi connectivity index (χ4n) is 4.04. The van der Waals surface area contributed by atoms with E-state index in [1.807, 2.05) is 11.0 Å². The van der Waals surface area contributed by atoms with E-state index < -0.39 is 11.4 Å². The predicted molar refractivity (Wildman–Crippen MR) is 103 cm³/mol. The minimum absolute atomic E-state index is 0.199. The molecule has 6 nitrogen and oxygen atoms in total. The summed E-state index contributed by atoms with van der Waals surface area (Å²) in [5.74, 6) is 0.647. The van der Waals surface area contributed by atoms with Gasteiger partial charge in [0.2, 0.25) is 0 Å². The van der Waals surface area contributed by atoms with Gasteiger partial charge in [0.25, 0.3) is 0 Å². The highest BCUT2D eigenvalue weighted by Crippen LogP contribution is 2.32. The number of hydrogen-bond donors (Lipinski definition) is 2. The van der Waals surface area contributed by atoms with Crippen LogP contribution in [0.4, 0.5) is 10.2 Å². The zero-order valence-electron chi connectivity index (χ0n) is 15.6. The number of aromatic amines is 1. The first-order valence-corrected chi connectivity index (χ1v) is 9.38. The van der Waals surface area contributed by atoms with Crippen molar-refractivity contribution < 1.29 is 9.50 Å². The maximum Gasteiger partial charge on any atom is 0.155 e. The van der Waals surface area contributed by atoms with Crippen molar-refractivity contribution >= 4 is 16.9 Å². The van der Waals surface area contributed by atoms with Crippen molar-refractivity contribution in [3.63, 3.8) is 0 Å². The maximum absolute atomic E-state index is 14.5. The Morgan fingerprint density at radius 3 is 2.96 bits per heavy atom. The Morgan fingerprint density at radius 2 is 2.15 bits per heavy atom. The van der Waals surface area contributed by atoms with E-state index in [0.717, 1.165) is 31.2 Å². The number of aliphatic hydroxyl groups is 1. The Hall–Kier alpha value is -2.54. The van der Waals surface area contributed by atoms with Gasteiger partial charge in [-0.2, -0.15) is 5.10 Å². The monoisotopic (exact) mass is 369 g/mol. The molecule has 0 aromatic carbocycles. The Bertz CT molecular complexity index is 956. The molecule has 0 amide bonds. The minimum atomic E-state index is -0.731. The molecule has 4 heterocycles. The first-order valence-electron chi connectivity index (χ1n) is 9.38. The fraction of sp³-hybridized carbons (Fsp3) is 0.450. The molecule has 0 radical (unpaired) electrons. The number of rotatable bonds is 4. The molecule has 3 aromatic heterocycles. The first kappa shape index (κ1) is 17.9. The van der Waals surface area contributed by atoms with E-state index >= 15 is 0 Å². The smallest absolute Gasteiger partial charge is 0.155 e. The van der Waals surface area contributed by atoms with Gasteiger partial charge in [-0.1, -0.05) is 13.8 Å². The summed E-state index contributed by atoms with van der Waals surface area (Å²) in [6.45, 7) is 5.53. The molecule has 1 atom stereocenters. The van der Waals surface area contributed by atoms with Gasteiger partial charge in [-0.15, -0.1) is 0 Å². The Morgan fingerprint density at radius 1 is 1.30 bits per heavy atom. The van der Waals surface area contributed by atoms with Crippen LogP contribution in [0.5, 0.6) is 0 Å². The van der Waals surface area contributed by atoms with E-state index in [2.05, 4.69) is 34.0 Å². The number of nitrogens with one attached hydrogen (secondary N) is 1. The third kappa shape index (κ3) is 3.51. The summed E-state index contributed by atoms with van der Waals surface area (Å²) in [5, 5.41) is 18.7. The number of anilines is 1. The molecule has 0 spiro atoms. The molecule has 1 fully saturated rings. The van der Waals surface area contributed by atoms with E-state index in [0.29, 0.717) is 29.6 Å². The summed E-state index contributed by atoms with van der Waals surface area (Å²) >= 11 is 0. The molecule has 0 bridgehead atoms. The van der Waals surface area contributed by atoms with Crippen LogP contribution in [-0.4, -0.2) is 44.0 Å². The van der Waals surface area contributed by atoms with Crippen LogP contribution >= 0.6 is 0 Å². The molecule has 0 aliphatic carbocycles.